The average Bonchev–Trinajstić information content (AvgIpc) is 2.32. The number of fused-ring (bicyclic) bond motifs is 4. The second-order valence-corrected chi connectivity index (χ2v) is 8.27. The van der Waals surface area contributed by atoms with Gasteiger partial charge in [-0.15, -0.1) is 0 Å². The molecule has 2 bridgehead atoms. The maximum absolute atomic E-state index is 4.97. The zero-order valence-corrected chi connectivity index (χ0v) is 12.8. The van der Waals surface area contributed by atoms with Crippen LogP contribution in [0.1, 0.15) is 65.7 Å². The van der Waals surface area contributed by atoms with E-state index < -0.39 is 0 Å². The molecule has 1 unspecified atom stereocenters. The van der Waals surface area contributed by atoms with Gasteiger partial charge >= 0.3 is 0 Å². The number of aliphatic imine (C=N–C) groups is 1. The first-order valence-electron chi connectivity index (χ1n) is 7.50. The first-order chi connectivity index (χ1) is 8.41. The van der Waals surface area contributed by atoms with Crippen molar-refractivity contribution in [2.75, 3.05) is 0 Å². The molecule has 4 atom stereocenters. The Morgan fingerprint density at radius 1 is 1.11 bits per heavy atom. The zero-order chi connectivity index (χ0) is 13.0. The molecule has 0 N–H and O–H groups in total. The molecule has 3 saturated carbocycles. The fourth-order valence-electron chi connectivity index (χ4n) is 5.44. The predicted octanol–water partition coefficient (Wildman–Crippen LogP) is 4.86. The summed E-state index contributed by atoms with van der Waals surface area (Å²) in [7, 11) is 0. The Kier molecular flexibility index (Phi) is 2.78. The van der Waals surface area contributed by atoms with Gasteiger partial charge in [-0.3, -0.25) is 0 Å². The molecule has 3 fully saturated rings. The summed E-state index contributed by atoms with van der Waals surface area (Å²) in [5.41, 5.74) is 1.20. The second kappa shape index (κ2) is 3.90. The largest absolute Gasteiger partial charge is 0.225 e. The molecular formula is C16H25NS. The molecule has 0 radical (unpaired) electrons. The lowest BCUT2D eigenvalue weighted by atomic mass is 9.48. The van der Waals surface area contributed by atoms with Gasteiger partial charge in [0.2, 0.25) is 0 Å². The molecule has 0 spiro atoms. The highest BCUT2D eigenvalue weighted by Gasteiger charge is 2.60. The lowest BCUT2D eigenvalue weighted by Gasteiger charge is -2.58. The van der Waals surface area contributed by atoms with E-state index in [0.29, 0.717) is 10.8 Å². The van der Waals surface area contributed by atoms with Crippen molar-refractivity contribution in [2.45, 2.75) is 71.3 Å². The molecule has 0 aromatic carbocycles. The van der Waals surface area contributed by atoms with Crippen LogP contribution < -0.4 is 0 Å². The Balaban J connectivity index is 2.00. The Bertz CT molecular complexity index is 409. The van der Waals surface area contributed by atoms with Gasteiger partial charge < -0.3 is 0 Å². The third kappa shape index (κ3) is 1.72. The monoisotopic (exact) mass is 263 g/mol. The quantitative estimate of drug-likeness (QED) is 0.486. The highest BCUT2D eigenvalue weighted by Crippen LogP contribution is 2.65. The summed E-state index contributed by atoms with van der Waals surface area (Å²) in [5, 5.41) is 2.75. The van der Waals surface area contributed by atoms with E-state index >= 15 is 0 Å². The van der Waals surface area contributed by atoms with Crippen LogP contribution in [0.3, 0.4) is 0 Å². The van der Waals surface area contributed by atoms with Crippen molar-refractivity contribution in [3.05, 3.63) is 0 Å². The van der Waals surface area contributed by atoms with Gasteiger partial charge in [0.05, 0.1) is 10.7 Å². The summed E-state index contributed by atoms with van der Waals surface area (Å²) in [5.74, 6) is 1.65. The van der Waals surface area contributed by atoms with Crippen molar-refractivity contribution < 1.29 is 0 Å². The van der Waals surface area contributed by atoms with Crippen LogP contribution in [-0.2, 0) is 0 Å². The summed E-state index contributed by atoms with van der Waals surface area (Å²) in [6.07, 6.45) is 9.38. The highest BCUT2D eigenvalue weighted by atomic mass is 32.1. The van der Waals surface area contributed by atoms with Crippen LogP contribution in [0.4, 0.5) is 0 Å². The first-order valence-corrected chi connectivity index (χ1v) is 7.91. The molecule has 18 heavy (non-hydrogen) atoms. The molecule has 0 amide bonds. The van der Waals surface area contributed by atoms with Gasteiger partial charge in [-0.05, 0) is 73.4 Å². The number of rotatable bonds is 1. The normalized spacial score (nSPS) is 49.3. The molecule has 0 saturated heterocycles. The summed E-state index contributed by atoms with van der Waals surface area (Å²) >= 11 is 4.97. The number of isothiocyanates is 1. The highest BCUT2D eigenvalue weighted by molar-refractivity contribution is 7.78. The van der Waals surface area contributed by atoms with E-state index in [0.717, 1.165) is 11.8 Å². The molecule has 0 aromatic rings. The van der Waals surface area contributed by atoms with E-state index in [1.807, 2.05) is 0 Å². The first kappa shape index (κ1) is 12.8. The van der Waals surface area contributed by atoms with Gasteiger partial charge in [0.25, 0.3) is 0 Å². The Morgan fingerprint density at radius 3 is 2.56 bits per heavy atom. The molecule has 0 heterocycles. The zero-order valence-electron chi connectivity index (χ0n) is 12.0. The van der Waals surface area contributed by atoms with Crippen molar-refractivity contribution in [2.24, 2.45) is 27.7 Å². The van der Waals surface area contributed by atoms with Crippen LogP contribution in [0, 0.1) is 22.7 Å². The molecular weight excluding hydrogens is 238 g/mol. The standard InChI is InChI=1S/C16H25NS/c1-14(2)9-13-12(14)5-8-15(3)6-4-7-16(13,10-15)17-11-18/h12-13H,4-10H2,1-3H3/t12-,13-,15-,16?/m1/s1. The van der Waals surface area contributed by atoms with E-state index in [1.165, 1.54) is 44.9 Å². The predicted molar refractivity (Wildman–Crippen MR) is 78.9 cm³/mol. The van der Waals surface area contributed by atoms with Gasteiger partial charge in [-0.25, -0.2) is 4.99 Å². The van der Waals surface area contributed by atoms with Crippen LogP contribution in [0.15, 0.2) is 4.99 Å². The summed E-state index contributed by atoms with van der Waals surface area (Å²) in [6.45, 7) is 7.37. The third-order valence-electron chi connectivity index (χ3n) is 6.38. The lowest BCUT2D eigenvalue weighted by molar-refractivity contribution is -0.0622. The van der Waals surface area contributed by atoms with Gasteiger partial charge in [0, 0.05) is 0 Å². The third-order valence-corrected chi connectivity index (χ3v) is 6.47. The minimum atomic E-state index is 0.158. The van der Waals surface area contributed by atoms with Crippen LogP contribution in [0.2, 0.25) is 0 Å². The minimum absolute atomic E-state index is 0.158. The van der Waals surface area contributed by atoms with E-state index in [-0.39, 0.29) is 5.54 Å². The summed E-state index contributed by atoms with van der Waals surface area (Å²) in [4.78, 5) is 4.75. The number of hydrogen-bond donors (Lipinski definition) is 0. The van der Waals surface area contributed by atoms with Crippen molar-refractivity contribution in [1.82, 2.24) is 0 Å². The van der Waals surface area contributed by atoms with Crippen LogP contribution in [0.25, 0.3) is 0 Å². The Morgan fingerprint density at radius 2 is 1.89 bits per heavy atom. The molecule has 0 aliphatic heterocycles. The maximum atomic E-state index is 4.97. The summed E-state index contributed by atoms with van der Waals surface area (Å²) in [6, 6.07) is 0. The number of nitrogens with zero attached hydrogens (tertiary/aromatic N) is 1. The smallest absolute Gasteiger partial charge is 0.0747 e. The molecule has 0 aromatic heterocycles. The Hall–Kier alpha value is -0.200. The molecule has 1 nitrogen and oxygen atoms in total. The fraction of sp³-hybridized carbons (Fsp3) is 0.938. The minimum Gasteiger partial charge on any atom is -0.225 e. The average molecular weight is 263 g/mol. The van der Waals surface area contributed by atoms with Gasteiger partial charge in [-0.1, -0.05) is 27.2 Å². The van der Waals surface area contributed by atoms with Gasteiger partial charge in [0.1, 0.15) is 0 Å². The fourth-order valence-corrected chi connectivity index (χ4v) is 5.62. The Labute approximate surface area is 116 Å². The SMILES string of the molecule is CC1(C)C[C@@H]2[C@H]1CC[C@@]1(C)CCCC2(N=C=S)C1. The van der Waals surface area contributed by atoms with E-state index in [4.69, 9.17) is 17.2 Å². The molecule has 2 heteroatoms. The van der Waals surface area contributed by atoms with Crippen molar-refractivity contribution in [3.63, 3.8) is 0 Å². The molecule has 100 valence electrons. The van der Waals surface area contributed by atoms with E-state index in [9.17, 15) is 0 Å². The maximum Gasteiger partial charge on any atom is 0.0747 e. The topological polar surface area (TPSA) is 12.4 Å². The second-order valence-electron chi connectivity index (χ2n) is 8.09. The van der Waals surface area contributed by atoms with Crippen LogP contribution in [-0.4, -0.2) is 10.7 Å². The number of thiocarbonyl (C=S) groups is 1. The van der Waals surface area contributed by atoms with Gasteiger partial charge in [0.15, 0.2) is 0 Å². The van der Waals surface area contributed by atoms with Crippen LogP contribution in [0.5, 0.6) is 0 Å². The van der Waals surface area contributed by atoms with E-state index in [1.54, 1.807) is 0 Å². The van der Waals surface area contributed by atoms with E-state index in [2.05, 4.69) is 25.9 Å². The summed E-state index contributed by atoms with van der Waals surface area (Å²) < 4.78 is 0. The van der Waals surface area contributed by atoms with Crippen molar-refractivity contribution in [1.29, 1.82) is 0 Å². The van der Waals surface area contributed by atoms with Gasteiger partial charge in [-0.2, -0.15) is 0 Å². The van der Waals surface area contributed by atoms with Crippen molar-refractivity contribution in [3.8, 4) is 0 Å². The molecule has 3 aliphatic carbocycles. The lowest BCUT2D eigenvalue weighted by Crippen LogP contribution is -2.55. The van der Waals surface area contributed by atoms with Crippen LogP contribution >= 0.6 is 12.2 Å². The number of hydrogen-bond acceptors (Lipinski definition) is 2. The molecule has 3 rings (SSSR count). The van der Waals surface area contributed by atoms with Crippen molar-refractivity contribution >= 4 is 17.4 Å². The molecule has 3 aliphatic rings.